The lowest BCUT2D eigenvalue weighted by molar-refractivity contribution is 0.246. The van der Waals surface area contributed by atoms with E-state index in [-0.39, 0.29) is 6.10 Å². The Kier molecular flexibility index (Phi) is 6.26. The lowest BCUT2D eigenvalue weighted by Gasteiger charge is -2.30. The van der Waals surface area contributed by atoms with Crippen LogP contribution in [0.4, 0.5) is 5.69 Å². The van der Waals surface area contributed by atoms with Crippen molar-refractivity contribution in [1.29, 1.82) is 0 Å². The van der Waals surface area contributed by atoms with Crippen molar-refractivity contribution in [2.24, 2.45) is 0 Å². The zero-order valence-corrected chi connectivity index (χ0v) is 22.1. The highest BCUT2D eigenvalue weighted by atomic mass is 79.9. The van der Waals surface area contributed by atoms with Gasteiger partial charge in [-0.25, -0.2) is 0 Å². The summed E-state index contributed by atoms with van der Waals surface area (Å²) in [5, 5.41) is 3.63. The lowest BCUT2D eigenvalue weighted by Crippen LogP contribution is -2.15. The van der Waals surface area contributed by atoms with Gasteiger partial charge in [0, 0.05) is 23.4 Å². The van der Waals surface area contributed by atoms with Gasteiger partial charge in [0.1, 0.15) is 11.5 Å². The Morgan fingerprint density at radius 3 is 2.50 bits per heavy atom. The number of thiophene rings is 1. The molecule has 0 spiro atoms. The lowest BCUT2D eigenvalue weighted by atomic mass is 9.88. The summed E-state index contributed by atoms with van der Waals surface area (Å²) >= 11 is 5.33. The van der Waals surface area contributed by atoms with Crippen molar-refractivity contribution in [3.63, 3.8) is 0 Å². The van der Waals surface area contributed by atoms with Crippen LogP contribution in [0.3, 0.4) is 0 Å². The number of methoxy groups -OCH3 is 1. The molecule has 1 aromatic heterocycles. The van der Waals surface area contributed by atoms with Crippen LogP contribution in [0.5, 0.6) is 11.5 Å². The highest BCUT2D eigenvalue weighted by Gasteiger charge is 2.31. The molecule has 1 unspecified atom stereocenters. The number of fused-ring (bicyclic) bond motifs is 3. The zero-order valence-electron chi connectivity index (χ0n) is 19.7. The van der Waals surface area contributed by atoms with E-state index in [2.05, 4.69) is 100 Å². The number of para-hydroxylation sites is 1. The summed E-state index contributed by atoms with van der Waals surface area (Å²) in [5.41, 5.74) is 7.94. The molecule has 0 aliphatic carbocycles. The van der Waals surface area contributed by atoms with E-state index >= 15 is 0 Å². The molecular weight excluding hydrogens is 530 g/mol. The van der Waals surface area contributed by atoms with Gasteiger partial charge in [0.15, 0.2) is 6.10 Å². The second-order valence-corrected chi connectivity index (χ2v) is 11.2. The number of benzene rings is 4. The van der Waals surface area contributed by atoms with Gasteiger partial charge in [0.25, 0.3) is 0 Å². The SMILES string of the molecule is COc1cccc2c1-c1ccc(-c3ccccc3NCc3ccccc3)cc1C(c1ccc(Br)s1)O2. The van der Waals surface area contributed by atoms with Crippen LogP contribution in [0, 0.1) is 0 Å². The number of nitrogens with one attached hydrogen (secondary N) is 1. The number of anilines is 1. The van der Waals surface area contributed by atoms with E-state index in [0.29, 0.717) is 0 Å². The summed E-state index contributed by atoms with van der Waals surface area (Å²) in [4.78, 5) is 1.16. The Morgan fingerprint density at radius 2 is 1.69 bits per heavy atom. The topological polar surface area (TPSA) is 30.5 Å². The number of rotatable bonds is 6. The maximum atomic E-state index is 6.62. The van der Waals surface area contributed by atoms with Crippen molar-refractivity contribution < 1.29 is 9.47 Å². The molecule has 0 saturated carbocycles. The maximum absolute atomic E-state index is 6.62. The van der Waals surface area contributed by atoms with Gasteiger partial charge in [0.2, 0.25) is 0 Å². The highest BCUT2D eigenvalue weighted by molar-refractivity contribution is 9.11. The van der Waals surface area contributed by atoms with E-state index < -0.39 is 0 Å². The molecule has 0 radical (unpaired) electrons. The fourth-order valence-electron chi connectivity index (χ4n) is 4.77. The Hall–Kier alpha value is -3.54. The summed E-state index contributed by atoms with van der Waals surface area (Å²) in [6.45, 7) is 0.766. The van der Waals surface area contributed by atoms with Gasteiger partial charge in [-0.2, -0.15) is 0 Å². The molecule has 3 nitrogen and oxygen atoms in total. The third-order valence-electron chi connectivity index (χ3n) is 6.47. The van der Waals surface area contributed by atoms with Crippen LogP contribution in [-0.2, 0) is 6.54 Å². The maximum Gasteiger partial charge on any atom is 0.159 e. The number of hydrogen-bond donors (Lipinski definition) is 1. The smallest absolute Gasteiger partial charge is 0.159 e. The second kappa shape index (κ2) is 9.84. The van der Waals surface area contributed by atoms with Gasteiger partial charge in [-0.3, -0.25) is 0 Å². The van der Waals surface area contributed by atoms with Gasteiger partial charge in [-0.05, 0) is 69.0 Å². The molecule has 2 heterocycles. The molecule has 5 aromatic rings. The fraction of sp³-hybridized carbons (Fsp3) is 0.0968. The Balaban J connectivity index is 1.45. The van der Waals surface area contributed by atoms with Crippen LogP contribution in [0.25, 0.3) is 22.3 Å². The van der Waals surface area contributed by atoms with Crippen LogP contribution in [0.2, 0.25) is 0 Å². The van der Waals surface area contributed by atoms with Crippen molar-refractivity contribution in [2.45, 2.75) is 12.6 Å². The molecule has 1 aliphatic heterocycles. The van der Waals surface area contributed by atoms with Gasteiger partial charge in [-0.1, -0.05) is 66.7 Å². The Bertz CT molecular complexity index is 1530. The monoisotopic (exact) mass is 553 g/mol. The normalized spacial score (nSPS) is 13.9. The van der Waals surface area contributed by atoms with Crippen molar-refractivity contribution in [3.8, 4) is 33.8 Å². The average molecular weight is 555 g/mol. The molecule has 0 amide bonds. The van der Waals surface area contributed by atoms with Gasteiger partial charge >= 0.3 is 0 Å². The molecule has 0 saturated heterocycles. The number of hydrogen-bond acceptors (Lipinski definition) is 4. The van der Waals surface area contributed by atoms with Crippen LogP contribution in [-0.4, -0.2) is 7.11 Å². The minimum absolute atomic E-state index is 0.194. The Morgan fingerprint density at radius 1 is 0.861 bits per heavy atom. The van der Waals surface area contributed by atoms with Crippen molar-refractivity contribution in [3.05, 3.63) is 123 Å². The molecule has 0 bridgehead atoms. The molecule has 6 rings (SSSR count). The average Bonchev–Trinajstić information content (AvgIpc) is 3.37. The Labute approximate surface area is 223 Å². The summed E-state index contributed by atoms with van der Waals surface area (Å²) in [7, 11) is 1.71. The van der Waals surface area contributed by atoms with Crippen LogP contribution in [0.15, 0.2) is 107 Å². The van der Waals surface area contributed by atoms with Crippen molar-refractivity contribution >= 4 is 33.0 Å². The fourth-order valence-corrected chi connectivity index (χ4v) is 6.25. The molecule has 1 atom stereocenters. The third kappa shape index (κ3) is 4.29. The van der Waals surface area contributed by atoms with Crippen LogP contribution >= 0.6 is 27.3 Å². The minimum Gasteiger partial charge on any atom is -0.496 e. The first-order valence-corrected chi connectivity index (χ1v) is 13.4. The first-order valence-electron chi connectivity index (χ1n) is 11.8. The van der Waals surface area contributed by atoms with E-state index in [0.717, 1.165) is 60.2 Å². The predicted octanol–water partition coefficient (Wildman–Crippen LogP) is 8.95. The first kappa shape index (κ1) is 22.9. The molecule has 5 heteroatoms. The second-order valence-electron chi connectivity index (χ2n) is 8.66. The van der Waals surface area contributed by atoms with Gasteiger partial charge in [0.05, 0.1) is 21.3 Å². The van der Waals surface area contributed by atoms with Gasteiger partial charge < -0.3 is 14.8 Å². The van der Waals surface area contributed by atoms with E-state index in [9.17, 15) is 0 Å². The van der Waals surface area contributed by atoms with E-state index in [1.807, 2.05) is 24.3 Å². The summed E-state index contributed by atoms with van der Waals surface area (Å²) < 4.78 is 13.4. The van der Waals surface area contributed by atoms with Crippen molar-refractivity contribution in [2.75, 3.05) is 12.4 Å². The van der Waals surface area contributed by atoms with E-state index in [1.165, 1.54) is 5.56 Å². The number of halogens is 1. The summed E-state index contributed by atoms with van der Waals surface area (Å²) in [6.07, 6.45) is -0.194. The molecule has 178 valence electrons. The standard InChI is InChI=1S/C31H24BrNO2S/c1-34-26-12-7-13-27-30(26)23-15-14-21(18-24(23)31(35-27)28-16-17-29(32)36-28)22-10-5-6-11-25(22)33-19-20-8-3-2-4-9-20/h2-18,31,33H,19H2,1H3. The first-order chi connectivity index (χ1) is 17.7. The molecule has 0 fully saturated rings. The largest absolute Gasteiger partial charge is 0.496 e. The molecule has 4 aromatic carbocycles. The molecular formula is C31H24BrNO2S. The van der Waals surface area contributed by atoms with Crippen LogP contribution in [0.1, 0.15) is 22.1 Å². The zero-order chi connectivity index (χ0) is 24.5. The van der Waals surface area contributed by atoms with Crippen LogP contribution < -0.4 is 14.8 Å². The third-order valence-corrected chi connectivity index (χ3v) is 8.14. The minimum atomic E-state index is -0.194. The van der Waals surface area contributed by atoms with E-state index in [1.54, 1.807) is 18.4 Å². The summed E-state index contributed by atoms with van der Waals surface area (Å²) in [5.74, 6) is 1.66. The van der Waals surface area contributed by atoms with Gasteiger partial charge in [-0.15, -0.1) is 11.3 Å². The predicted molar refractivity (Wildman–Crippen MR) is 152 cm³/mol. The molecule has 1 aliphatic rings. The van der Waals surface area contributed by atoms with E-state index in [4.69, 9.17) is 9.47 Å². The van der Waals surface area contributed by atoms with Crippen molar-refractivity contribution in [1.82, 2.24) is 0 Å². The summed E-state index contributed by atoms with van der Waals surface area (Å²) in [6, 6.07) is 35.8. The molecule has 36 heavy (non-hydrogen) atoms. The highest BCUT2D eigenvalue weighted by Crippen LogP contribution is 2.51. The quantitative estimate of drug-likeness (QED) is 0.227. The molecule has 1 N–H and O–H groups in total. The number of ether oxygens (including phenoxy) is 2.